The lowest BCUT2D eigenvalue weighted by Crippen LogP contribution is -2.38. The van der Waals surface area contributed by atoms with Crippen molar-refractivity contribution < 1.29 is 19.3 Å². The Bertz CT molecular complexity index is 391. The van der Waals surface area contributed by atoms with E-state index in [4.69, 9.17) is 14.2 Å². The number of nitrogens with zero attached hydrogens (tertiary/aromatic N) is 1. The largest absolute Gasteiger partial charge is 0.497 e. The number of benzene rings is 1. The summed E-state index contributed by atoms with van der Waals surface area (Å²) in [5.41, 5.74) is 0.780. The highest BCUT2D eigenvalue weighted by Gasteiger charge is 2.11. The summed E-state index contributed by atoms with van der Waals surface area (Å²) in [6.45, 7) is 4.92. The zero-order valence-corrected chi connectivity index (χ0v) is 11.3. The standard InChI is InChI=1S/C14H21NO4/c1-17-13-3-2-12(11-16)14(10-13)19-9-6-15-4-7-18-8-5-15/h2-3,10,16H,4-9,11H2,1H3. The maximum Gasteiger partial charge on any atom is 0.128 e. The van der Waals surface area contributed by atoms with Crippen LogP contribution < -0.4 is 9.47 Å². The van der Waals surface area contributed by atoms with Gasteiger partial charge in [0.1, 0.15) is 18.1 Å². The molecule has 1 aromatic rings. The molecule has 2 rings (SSSR count). The molecule has 1 saturated heterocycles. The highest BCUT2D eigenvalue weighted by molar-refractivity contribution is 5.40. The van der Waals surface area contributed by atoms with E-state index < -0.39 is 0 Å². The van der Waals surface area contributed by atoms with E-state index in [0.29, 0.717) is 12.4 Å². The van der Waals surface area contributed by atoms with Crippen LogP contribution in [0.3, 0.4) is 0 Å². The molecule has 0 unspecified atom stereocenters. The van der Waals surface area contributed by atoms with Crippen molar-refractivity contribution in [3.63, 3.8) is 0 Å². The predicted octanol–water partition coefficient (Wildman–Crippen LogP) is 0.898. The second-order valence-electron chi connectivity index (χ2n) is 4.43. The van der Waals surface area contributed by atoms with E-state index in [-0.39, 0.29) is 6.61 Å². The molecule has 0 aromatic heterocycles. The van der Waals surface area contributed by atoms with Crippen molar-refractivity contribution in [2.75, 3.05) is 46.6 Å². The van der Waals surface area contributed by atoms with Gasteiger partial charge in [-0.25, -0.2) is 0 Å². The van der Waals surface area contributed by atoms with Crippen LogP contribution in [0.2, 0.25) is 0 Å². The Balaban J connectivity index is 1.86. The summed E-state index contributed by atoms with van der Waals surface area (Å²) in [7, 11) is 1.62. The minimum atomic E-state index is -0.0309. The molecule has 1 N–H and O–H groups in total. The molecule has 1 aliphatic heterocycles. The van der Waals surface area contributed by atoms with Gasteiger partial charge in [-0.1, -0.05) is 0 Å². The molecular weight excluding hydrogens is 246 g/mol. The van der Waals surface area contributed by atoms with Crippen molar-refractivity contribution in [3.8, 4) is 11.5 Å². The fraction of sp³-hybridized carbons (Fsp3) is 0.571. The Morgan fingerprint density at radius 1 is 1.32 bits per heavy atom. The van der Waals surface area contributed by atoms with E-state index in [2.05, 4.69) is 4.90 Å². The molecule has 0 atom stereocenters. The van der Waals surface area contributed by atoms with Gasteiger partial charge in [-0.05, 0) is 12.1 Å². The van der Waals surface area contributed by atoms with Gasteiger partial charge in [0.25, 0.3) is 0 Å². The zero-order chi connectivity index (χ0) is 13.5. The van der Waals surface area contributed by atoms with E-state index in [1.807, 2.05) is 18.2 Å². The van der Waals surface area contributed by atoms with Gasteiger partial charge in [0, 0.05) is 31.3 Å². The lowest BCUT2D eigenvalue weighted by molar-refractivity contribution is 0.0321. The monoisotopic (exact) mass is 267 g/mol. The number of methoxy groups -OCH3 is 1. The normalized spacial score (nSPS) is 16.3. The van der Waals surface area contributed by atoms with Crippen LogP contribution in [0.15, 0.2) is 18.2 Å². The van der Waals surface area contributed by atoms with Crippen LogP contribution in [0, 0.1) is 0 Å². The van der Waals surface area contributed by atoms with E-state index in [1.54, 1.807) is 7.11 Å². The number of rotatable bonds is 6. The highest BCUT2D eigenvalue weighted by Crippen LogP contribution is 2.24. The number of hydrogen-bond acceptors (Lipinski definition) is 5. The average molecular weight is 267 g/mol. The van der Waals surface area contributed by atoms with Crippen LogP contribution in [0.5, 0.6) is 11.5 Å². The van der Waals surface area contributed by atoms with Crippen LogP contribution >= 0.6 is 0 Å². The van der Waals surface area contributed by atoms with Gasteiger partial charge in [0.05, 0.1) is 26.9 Å². The van der Waals surface area contributed by atoms with Crippen LogP contribution in [0.1, 0.15) is 5.56 Å². The van der Waals surface area contributed by atoms with Crippen LogP contribution in [0.25, 0.3) is 0 Å². The van der Waals surface area contributed by atoms with Gasteiger partial charge >= 0.3 is 0 Å². The average Bonchev–Trinajstić information content (AvgIpc) is 2.48. The molecule has 0 amide bonds. The van der Waals surface area contributed by atoms with Gasteiger partial charge in [-0.15, -0.1) is 0 Å². The molecule has 1 heterocycles. The number of hydrogen-bond donors (Lipinski definition) is 1. The van der Waals surface area contributed by atoms with Crippen LogP contribution in [-0.4, -0.2) is 56.6 Å². The third kappa shape index (κ3) is 4.09. The Morgan fingerprint density at radius 2 is 2.11 bits per heavy atom. The number of morpholine rings is 1. The first-order chi connectivity index (χ1) is 9.33. The van der Waals surface area contributed by atoms with Crippen molar-refractivity contribution >= 4 is 0 Å². The summed E-state index contributed by atoms with van der Waals surface area (Å²) in [6.07, 6.45) is 0. The number of aliphatic hydroxyl groups excluding tert-OH is 1. The third-order valence-electron chi connectivity index (χ3n) is 3.21. The smallest absolute Gasteiger partial charge is 0.128 e. The Morgan fingerprint density at radius 3 is 2.79 bits per heavy atom. The zero-order valence-electron chi connectivity index (χ0n) is 11.3. The molecule has 0 aliphatic carbocycles. The molecule has 1 fully saturated rings. The summed E-state index contributed by atoms with van der Waals surface area (Å²) < 4.78 is 16.2. The van der Waals surface area contributed by atoms with Gasteiger partial charge in [-0.3, -0.25) is 4.90 Å². The van der Waals surface area contributed by atoms with Gasteiger partial charge in [-0.2, -0.15) is 0 Å². The van der Waals surface area contributed by atoms with Crippen LogP contribution in [-0.2, 0) is 11.3 Å². The molecule has 106 valence electrons. The number of ether oxygens (including phenoxy) is 3. The van der Waals surface area contributed by atoms with Gasteiger partial charge < -0.3 is 19.3 Å². The highest BCUT2D eigenvalue weighted by atomic mass is 16.5. The van der Waals surface area contributed by atoms with Gasteiger partial charge in [0.15, 0.2) is 0 Å². The molecule has 0 bridgehead atoms. The molecular formula is C14H21NO4. The molecule has 0 spiro atoms. The minimum absolute atomic E-state index is 0.0309. The predicted molar refractivity (Wildman–Crippen MR) is 71.7 cm³/mol. The maximum atomic E-state index is 9.28. The molecule has 5 nitrogen and oxygen atoms in total. The lowest BCUT2D eigenvalue weighted by atomic mass is 10.2. The molecule has 1 aromatic carbocycles. The summed E-state index contributed by atoms with van der Waals surface area (Å²) >= 11 is 0. The van der Waals surface area contributed by atoms with E-state index in [9.17, 15) is 5.11 Å². The summed E-state index contributed by atoms with van der Waals surface area (Å²) in [4.78, 5) is 2.31. The Labute approximate surface area is 113 Å². The fourth-order valence-corrected chi connectivity index (χ4v) is 2.04. The quantitative estimate of drug-likeness (QED) is 0.830. The Kier molecular flexibility index (Phi) is 5.44. The molecule has 0 saturated carbocycles. The van der Waals surface area contributed by atoms with Crippen molar-refractivity contribution in [2.45, 2.75) is 6.61 Å². The topological polar surface area (TPSA) is 51.2 Å². The van der Waals surface area contributed by atoms with Crippen molar-refractivity contribution in [3.05, 3.63) is 23.8 Å². The molecule has 19 heavy (non-hydrogen) atoms. The molecule has 0 radical (unpaired) electrons. The second kappa shape index (κ2) is 7.33. The van der Waals surface area contributed by atoms with E-state index in [1.165, 1.54) is 0 Å². The summed E-state index contributed by atoms with van der Waals surface area (Å²) in [5.74, 6) is 1.42. The Hall–Kier alpha value is -1.30. The van der Waals surface area contributed by atoms with Crippen molar-refractivity contribution in [1.82, 2.24) is 4.90 Å². The minimum Gasteiger partial charge on any atom is -0.497 e. The van der Waals surface area contributed by atoms with Crippen LogP contribution in [0.4, 0.5) is 0 Å². The van der Waals surface area contributed by atoms with Crippen molar-refractivity contribution in [1.29, 1.82) is 0 Å². The lowest BCUT2D eigenvalue weighted by Gasteiger charge is -2.26. The SMILES string of the molecule is COc1ccc(CO)c(OCCN2CCOCC2)c1. The summed E-state index contributed by atoms with van der Waals surface area (Å²) in [6, 6.07) is 5.45. The number of aliphatic hydroxyl groups is 1. The van der Waals surface area contributed by atoms with Gasteiger partial charge in [0.2, 0.25) is 0 Å². The molecule has 1 aliphatic rings. The van der Waals surface area contributed by atoms with E-state index >= 15 is 0 Å². The maximum absolute atomic E-state index is 9.28. The third-order valence-corrected chi connectivity index (χ3v) is 3.21. The van der Waals surface area contributed by atoms with Crippen molar-refractivity contribution in [2.24, 2.45) is 0 Å². The first kappa shape index (κ1) is 14.1. The first-order valence-electron chi connectivity index (χ1n) is 6.54. The second-order valence-corrected chi connectivity index (χ2v) is 4.43. The molecule has 5 heteroatoms. The first-order valence-corrected chi connectivity index (χ1v) is 6.54. The van der Waals surface area contributed by atoms with E-state index in [0.717, 1.165) is 44.2 Å². The fourth-order valence-electron chi connectivity index (χ4n) is 2.04. The summed E-state index contributed by atoms with van der Waals surface area (Å²) in [5, 5.41) is 9.28.